The summed E-state index contributed by atoms with van der Waals surface area (Å²) in [6.07, 6.45) is 13.5. The lowest BCUT2D eigenvalue weighted by Crippen LogP contribution is -2.52. The van der Waals surface area contributed by atoms with Gasteiger partial charge in [0.1, 0.15) is 16.4 Å². The van der Waals surface area contributed by atoms with Gasteiger partial charge in [-0.25, -0.2) is 14.8 Å². The summed E-state index contributed by atoms with van der Waals surface area (Å²) in [4.78, 5) is 42.1. The number of nitrogens with one attached hydrogen (secondary N) is 1. The zero-order chi connectivity index (χ0) is 30.4. The number of fused-ring (bicyclic) bond motifs is 2. The Labute approximate surface area is 262 Å². The maximum Gasteiger partial charge on any atom is 0.287 e. The molecular formula is C31H33ClN8O3S. The zero-order valence-electron chi connectivity index (χ0n) is 24.1. The van der Waals surface area contributed by atoms with E-state index in [0.29, 0.717) is 40.4 Å². The van der Waals surface area contributed by atoms with Crippen LogP contribution in [-0.4, -0.2) is 54.1 Å². The van der Waals surface area contributed by atoms with Crippen LogP contribution in [0.15, 0.2) is 51.4 Å². The molecule has 1 saturated carbocycles. The largest absolute Gasteiger partial charge is 0.494 e. The van der Waals surface area contributed by atoms with Crippen molar-refractivity contribution in [1.29, 1.82) is 0 Å². The second-order valence-corrected chi connectivity index (χ2v) is 13.3. The number of aliphatic hydroxyl groups excluding tert-OH is 1. The lowest BCUT2D eigenvalue weighted by molar-refractivity contribution is 0.197. The summed E-state index contributed by atoms with van der Waals surface area (Å²) in [6, 6.07) is 5.62. The topological polar surface area (TPSA) is 144 Å². The molecule has 3 aromatic heterocycles. The first-order valence-electron chi connectivity index (χ1n) is 15.0. The molecule has 13 heteroatoms. The number of halogens is 1. The molecule has 4 aromatic rings. The number of imidazole rings is 1. The predicted octanol–water partition coefficient (Wildman–Crippen LogP) is 2.76. The molecule has 228 valence electrons. The summed E-state index contributed by atoms with van der Waals surface area (Å²) < 4.78 is 3.66. The van der Waals surface area contributed by atoms with Gasteiger partial charge in [-0.3, -0.25) is 9.20 Å². The molecule has 7 rings (SSSR count). The van der Waals surface area contributed by atoms with Crippen LogP contribution < -0.4 is 32.1 Å². The van der Waals surface area contributed by atoms with Crippen LogP contribution in [0.4, 0.5) is 11.6 Å². The molecule has 0 radical (unpaired) electrons. The van der Waals surface area contributed by atoms with Crippen molar-refractivity contribution in [3.63, 3.8) is 0 Å². The molecule has 1 saturated heterocycles. The van der Waals surface area contributed by atoms with Gasteiger partial charge in [-0.2, -0.15) is 4.98 Å². The molecule has 1 atom stereocenters. The number of carbonyl (C=O) groups excluding carboxylic acids is 1. The van der Waals surface area contributed by atoms with Crippen molar-refractivity contribution < 1.29 is 9.90 Å². The first-order chi connectivity index (χ1) is 21.4. The number of nitrogens with two attached hydrogens (primary N) is 1. The zero-order valence-corrected chi connectivity index (χ0v) is 25.7. The first-order valence-corrected chi connectivity index (χ1v) is 16.2. The van der Waals surface area contributed by atoms with Crippen LogP contribution in [0.3, 0.4) is 0 Å². The fraction of sp³-hybridized carbons (Fsp3) is 0.419. The van der Waals surface area contributed by atoms with Gasteiger partial charge in [0.25, 0.3) is 5.56 Å². The molecular weight excluding hydrogens is 600 g/mol. The lowest BCUT2D eigenvalue weighted by Gasteiger charge is -2.42. The highest BCUT2D eigenvalue weighted by atomic mass is 35.5. The first kappa shape index (κ1) is 28.9. The number of aliphatic hydroxyl groups is 1. The highest BCUT2D eigenvalue weighted by molar-refractivity contribution is 7.99. The molecule has 2 aliphatic heterocycles. The minimum absolute atomic E-state index is 0.0193. The molecule has 1 aliphatic carbocycles. The van der Waals surface area contributed by atoms with Crippen LogP contribution in [0.25, 0.3) is 11.5 Å². The van der Waals surface area contributed by atoms with Crippen LogP contribution in [0, 0.1) is 5.41 Å². The van der Waals surface area contributed by atoms with E-state index in [1.165, 1.54) is 24.6 Å². The van der Waals surface area contributed by atoms with E-state index in [9.17, 15) is 14.7 Å². The minimum Gasteiger partial charge on any atom is -0.494 e. The Morgan fingerprint density at radius 1 is 1.14 bits per heavy atom. The minimum atomic E-state index is -0.689. The number of benzene rings is 1. The van der Waals surface area contributed by atoms with Crippen LogP contribution in [0.1, 0.15) is 50.8 Å². The highest BCUT2D eigenvalue weighted by Crippen LogP contribution is 2.46. The van der Waals surface area contributed by atoms with Crippen LogP contribution >= 0.6 is 23.4 Å². The SMILES string of the molecule is N[C@@H]1CCCC12CCN(c1ncc(Sc3cccc(N/C(O)=c4\c(=O)nc5n(c4=C=O)CCCC5)c3Cl)c3nccn13)CC2. The molecule has 44 heavy (non-hydrogen) atoms. The van der Waals surface area contributed by atoms with Gasteiger partial charge in [-0.1, -0.05) is 35.9 Å². The van der Waals surface area contributed by atoms with Crippen molar-refractivity contribution >= 4 is 52.5 Å². The van der Waals surface area contributed by atoms with Gasteiger partial charge in [-0.05, 0) is 56.1 Å². The fourth-order valence-electron chi connectivity index (χ4n) is 7.03. The number of hydrogen-bond acceptors (Lipinski definition) is 10. The summed E-state index contributed by atoms with van der Waals surface area (Å²) in [7, 11) is 0. The molecule has 4 N–H and O–H groups in total. The molecule has 0 bridgehead atoms. The van der Waals surface area contributed by atoms with E-state index < -0.39 is 11.4 Å². The van der Waals surface area contributed by atoms with Crippen molar-refractivity contribution in [3.8, 4) is 0 Å². The standard InChI is InChI=1S/C31H33ClN8O3S/c32-26-19(36-28(42)25-20(18-41)39-13-2-1-8-24(39)37-29(25)43)5-3-6-21(26)44-22-17-35-30(40-16-12-34-27(22)40)38-14-10-31(11-15-38)9-4-7-23(31)33/h3,5-6,12,16-17,23,36,42H,1-2,4,7-11,13-15,33H2/b28-25+/t23-/m1/s1. The molecule has 0 amide bonds. The van der Waals surface area contributed by atoms with Crippen molar-refractivity contribution in [2.45, 2.75) is 73.7 Å². The van der Waals surface area contributed by atoms with Crippen molar-refractivity contribution in [3.05, 3.63) is 68.6 Å². The quantitative estimate of drug-likeness (QED) is 0.300. The Bertz CT molecular complexity index is 1960. The van der Waals surface area contributed by atoms with E-state index in [1.54, 1.807) is 22.9 Å². The maximum absolute atomic E-state index is 12.8. The molecule has 5 heterocycles. The third kappa shape index (κ3) is 4.95. The van der Waals surface area contributed by atoms with E-state index in [-0.39, 0.29) is 16.0 Å². The molecule has 1 aromatic carbocycles. The summed E-state index contributed by atoms with van der Waals surface area (Å²) in [6.45, 7) is 2.35. The second-order valence-electron chi connectivity index (χ2n) is 11.9. The van der Waals surface area contributed by atoms with E-state index in [1.807, 2.05) is 28.8 Å². The van der Waals surface area contributed by atoms with E-state index in [0.717, 1.165) is 61.7 Å². The van der Waals surface area contributed by atoms with Crippen molar-refractivity contribution in [1.82, 2.24) is 23.9 Å². The summed E-state index contributed by atoms with van der Waals surface area (Å²) in [5.41, 5.74) is 7.21. The average molecular weight is 633 g/mol. The van der Waals surface area contributed by atoms with Gasteiger partial charge < -0.3 is 25.6 Å². The molecule has 3 aliphatic rings. The Hall–Kier alpha value is -3.83. The van der Waals surface area contributed by atoms with E-state index >= 15 is 0 Å². The number of rotatable bonds is 5. The Morgan fingerprint density at radius 2 is 1.98 bits per heavy atom. The smallest absolute Gasteiger partial charge is 0.287 e. The second kappa shape index (κ2) is 11.6. The maximum atomic E-state index is 12.8. The number of hydrogen-bond donors (Lipinski definition) is 3. The Balaban J connectivity index is 1.16. The number of anilines is 2. The van der Waals surface area contributed by atoms with E-state index in [4.69, 9.17) is 22.3 Å². The number of piperidine rings is 1. The van der Waals surface area contributed by atoms with Crippen LogP contribution in [-0.2, 0) is 17.8 Å². The highest BCUT2D eigenvalue weighted by Gasteiger charge is 2.43. The van der Waals surface area contributed by atoms with E-state index in [2.05, 4.69) is 20.2 Å². The Morgan fingerprint density at radius 3 is 2.75 bits per heavy atom. The summed E-state index contributed by atoms with van der Waals surface area (Å²) in [5, 5.41) is 13.9. The third-order valence-electron chi connectivity index (χ3n) is 9.46. The molecule has 11 nitrogen and oxygen atoms in total. The van der Waals surface area contributed by atoms with Gasteiger partial charge in [0.15, 0.2) is 11.6 Å². The Kier molecular flexibility index (Phi) is 7.62. The summed E-state index contributed by atoms with van der Waals surface area (Å²) >= 11 is 8.22. The molecule has 2 fully saturated rings. The molecule has 0 unspecified atom stereocenters. The monoisotopic (exact) mass is 632 g/mol. The molecule has 1 spiro atoms. The third-order valence-corrected chi connectivity index (χ3v) is 11.0. The normalized spacial score (nSPS) is 20.0. The van der Waals surface area contributed by atoms with Crippen LogP contribution in [0.2, 0.25) is 5.02 Å². The van der Waals surface area contributed by atoms with Gasteiger partial charge in [0.05, 0.1) is 15.6 Å². The van der Waals surface area contributed by atoms with Crippen LogP contribution in [0.5, 0.6) is 0 Å². The van der Waals surface area contributed by atoms with Crippen molar-refractivity contribution in [2.24, 2.45) is 11.1 Å². The van der Waals surface area contributed by atoms with Crippen molar-refractivity contribution in [2.75, 3.05) is 23.3 Å². The van der Waals surface area contributed by atoms with Gasteiger partial charge in [-0.15, -0.1) is 0 Å². The van der Waals surface area contributed by atoms with Gasteiger partial charge >= 0.3 is 0 Å². The van der Waals surface area contributed by atoms with Gasteiger partial charge in [0.2, 0.25) is 11.8 Å². The number of nitrogens with zero attached hydrogens (tertiary/aromatic N) is 6. The number of aryl methyl sites for hydroxylation is 1. The average Bonchev–Trinajstić information content (AvgIpc) is 3.66. The summed E-state index contributed by atoms with van der Waals surface area (Å²) in [5.74, 6) is 2.72. The fourth-order valence-corrected chi connectivity index (χ4v) is 8.25. The lowest BCUT2D eigenvalue weighted by atomic mass is 9.74. The number of aromatic nitrogens is 5. The van der Waals surface area contributed by atoms with Gasteiger partial charge in [0, 0.05) is 55.6 Å². The predicted molar refractivity (Wildman–Crippen MR) is 169 cm³/mol.